The van der Waals surface area contributed by atoms with Crippen molar-refractivity contribution in [3.8, 4) is 11.5 Å². The van der Waals surface area contributed by atoms with Gasteiger partial charge in [-0.2, -0.15) is 5.10 Å². The summed E-state index contributed by atoms with van der Waals surface area (Å²) in [7, 11) is -0.922. The van der Waals surface area contributed by atoms with Crippen molar-refractivity contribution in [2.45, 2.75) is 22.6 Å². The maximum Gasteiger partial charge on any atom is 0.210 e. The van der Waals surface area contributed by atoms with Crippen LogP contribution in [0.3, 0.4) is 0 Å². The Hall–Kier alpha value is -3.72. The third-order valence-corrected chi connectivity index (χ3v) is 6.94. The third kappa shape index (κ3) is 4.19. The summed E-state index contributed by atoms with van der Waals surface area (Å²) in [6.45, 7) is 0. The van der Waals surface area contributed by atoms with E-state index in [0.29, 0.717) is 23.4 Å². The van der Waals surface area contributed by atoms with Crippen LogP contribution in [0, 0.1) is 0 Å². The Balaban J connectivity index is 1.49. The Morgan fingerprint density at radius 1 is 1.00 bits per heavy atom. The second-order valence-electron chi connectivity index (χ2n) is 7.12. The Bertz CT molecular complexity index is 1380. The molecule has 32 heavy (non-hydrogen) atoms. The number of rotatable bonds is 8. The zero-order valence-electron chi connectivity index (χ0n) is 17.5. The molecule has 1 N–H and O–H groups in total. The van der Waals surface area contributed by atoms with Crippen LogP contribution in [0.2, 0.25) is 0 Å². The fraction of sp³-hybridized carbons (Fsp3) is 0.174. The molecule has 0 saturated carbocycles. The van der Waals surface area contributed by atoms with Crippen LogP contribution in [0.5, 0.6) is 11.5 Å². The molecule has 8 nitrogen and oxygen atoms in total. The highest BCUT2D eigenvalue weighted by Gasteiger charge is 2.23. The predicted octanol–water partition coefficient (Wildman–Crippen LogP) is 3.62. The lowest BCUT2D eigenvalue weighted by molar-refractivity contribution is 0.0982. The molecular formula is C23H21N3O5S. The predicted molar refractivity (Wildman–Crippen MR) is 118 cm³/mol. The van der Waals surface area contributed by atoms with Gasteiger partial charge >= 0.3 is 0 Å². The van der Waals surface area contributed by atoms with Gasteiger partial charge in [-0.15, -0.1) is 0 Å². The molecule has 0 aliphatic carbocycles. The number of carbonyl (C=O) groups excluding carboxylic acids is 1. The lowest BCUT2D eigenvalue weighted by atomic mass is 10.0. The van der Waals surface area contributed by atoms with Crippen LogP contribution < -0.4 is 9.47 Å². The number of hydrogen-bond donors (Lipinski definition) is 1. The first-order valence-corrected chi connectivity index (χ1v) is 11.3. The van der Waals surface area contributed by atoms with E-state index < -0.39 is 9.84 Å². The summed E-state index contributed by atoms with van der Waals surface area (Å²) in [5.74, 6) is 0.615. The molecule has 9 heteroatoms. The van der Waals surface area contributed by atoms with Crippen LogP contribution >= 0.6 is 0 Å². The topological polar surface area (TPSA) is 111 Å². The van der Waals surface area contributed by atoms with E-state index in [1.165, 1.54) is 38.6 Å². The van der Waals surface area contributed by atoms with Gasteiger partial charge in [0, 0.05) is 29.6 Å². The van der Waals surface area contributed by atoms with E-state index in [9.17, 15) is 13.2 Å². The number of methoxy groups -OCH3 is 2. The number of aromatic nitrogens is 3. The van der Waals surface area contributed by atoms with Crippen molar-refractivity contribution in [3.63, 3.8) is 0 Å². The minimum absolute atomic E-state index is 0.0319. The number of ether oxygens (including phenoxy) is 2. The van der Waals surface area contributed by atoms with E-state index >= 15 is 0 Å². The van der Waals surface area contributed by atoms with Crippen molar-refractivity contribution in [2.75, 3.05) is 14.2 Å². The summed E-state index contributed by atoms with van der Waals surface area (Å²) >= 11 is 0. The van der Waals surface area contributed by atoms with Crippen molar-refractivity contribution in [3.05, 3.63) is 72.1 Å². The van der Waals surface area contributed by atoms with E-state index in [4.69, 9.17) is 9.47 Å². The summed E-state index contributed by atoms with van der Waals surface area (Å²) in [4.78, 5) is 16.9. The van der Waals surface area contributed by atoms with Gasteiger partial charge in [0.15, 0.2) is 11.4 Å². The highest BCUT2D eigenvalue weighted by molar-refractivity contribution is 7.91. The van der Waals surface area contributed by atoms with Crippen LogP contribution in [-0.4, -0.2) is 43.6 Å². The number of nitrogens with one attached hydrogen (secondary N) is 1. The lowest BCUT2D eigenvalue weighted by Crippen LogP contribution is -2.05. The maximum atomic E-state index is 13.1. The minimum Gasteiger partial charge on any atom is -0.497 e. The summed E-state index contributed by atoms with van der Waals surface area (Å²) in [5.41, 5.74) is 2.00. The molecule has 4 rings (SSSR count). The molecule has 0 amide bonds. The van der Waals surface area contributed by atoms with Crippen LogP contribution in [0.1, 0.15) is 22.3 Å². The number of benzene rings is 2. The van der Waals surface area contributed by atoms with Crippen molar-refractivity contribution in [2.24, 2.45) is 0 Å². The maximum absolute atomic E-state index is 13.1. The van der Waals surface area contributed by atoms with Crippen LogP contribution in [0.25, 0.3) is 11.0 Å². The Kier molecular flexibility index (Phi) is 5.91. The fourth-order valence-electron chi connectivity index (χ4n) is 3.35. The number of sulfone groups is 1. The number of aryl methyl sites for hydroxylation is 1. The van der Waals surface area contributed by atoms with Gasteiger partial charge in [-0.3, -0.25) is 9.89 Å². The molecule has 0 aliphatic heterocycles. The molecule has 0 spiro atoms. The van der Waals surface area contributed by atoms with Crippen LogP contribution in [0.15, 0.2) is 70.7 Å². The van der Waals surface area contributed by atoms with Gasteiger partial charge in [0.25, 0.3) is 0 Å². The normalized spacial score (nSPS) is 11.4. The Morgan fingerprint density at radius 3 is 2.50 bits per heavy atom. The zero-order valence-corrected chi connectivity index (χ0v) is 18.3. The largest absolute Gasteiger partial charge is 0.497 e. The molecule has 0 radical (unpaired) electrons. The molecule has 2 heterocycles. The number of carbonyl (C=O) groups is 1. The number of hydrogen-bond acceptors (Lipinski definition) is 7. The highest BCUT2D eigenvalue weighted by Crippen LogP contribution is 2.32. The van der Waals surface area contributed by atoms with Gasteiger partial charge in [-0.05, 0) is 42.3 Å². The lowest BCUT2D eigenvalue weighted by Gasteiger charge is -2.12. The van der Waals surface area contributed by atoms with E-state index in [1.807, 2.05) is 0 Å². The SMILES string of the molecule is COc1ccc(OC)c(S(=O)(=O)c2ccc(CCC(=O)c3cnc4[nH]ncc4c3)cc2)c1. The molecule has 0 unspecified atom stereocenters. The molecule has 2 aromatic heterocycles. The first-order chi connectivity index (χ1) is 15.4. The van der Waals surface area contributed by atoms with Gasteiger partial charge in [-0.1, -0.05) is 12.1 Å². The van der Waals surface area contributed by atoms with Gasteiger partial charge in [0.2, 0.25) is 9.84 Å². The number of pyridine rings is 1. The monoisotopic (exact) mass is 451 g/mol. The molecule has 0 fully saturated rings. The average molecular weight is 452 g/mol. The second kappa shape index (κ2) is 8.80. The smallest absolute Gasteiger partial charge is 0.210 e. The number of ketones is 1. The van der Waals surface area contributed by atoms with Gasteiger partial charge in [0.1, 0.15) is 16.4 Å². The van der Waals surface area contributed by atoms with E-state index in [0.717, 1.165) is 10.9 Å². The van der Waals surface area contributed by atoms with Crippen molar-refractivity contribution in [1.29, 1.82) is 0 Å². The summed E-state index contributed by atoms with van der Waals surface area (Å²) in [5, 5.41) is 7.43. The van der Waals surface area contributed by atoms with Crippen molar-refractivity contribution in [1.82, 2.24) is 15.2 Å². The fourth-order valence-corrected chi connectivity index (χ4v) is 4.78. The van der Waals surface area contributed by atoms with Crippen molar-refractivity contribution < 1.29 is 22.7 Å². The van der Waals surface area contributed by atoms with Gasteiger partial charge in [0.05, 0.1) is 25.3 Å². The highest BCUT2D eigenvalue weighted by atomic mass is 32.2. The zero-order chi connectivity index (χ0) is 22.7. The van der Waals surface area contributed by atoms with E-state index in [2.05, 4.69) is 15.2 Å². The summed E-state index contributed by atoms with van der Waals surface area (Å²) < 4.78 is 36.6. The van der Waals surface area contributed by atoms with E-state index in [1.54, 1.807) is 36.5 Å². The molecule has 0 aliphatic rings. The molecular weight excluding hydrogens is 430 g/mol. The molecule has 4 aromatic rings. The standard InChI is InChI=1S/C23H21N3O5S/c1-30-18-6-10-21(31-2)22(12-18)32(28,29)19-7-3-15(4-8-19)5-9-20(27)16-11-17-14-25-26-23(17)24-13-16/h3-4,6-8,10-14H,5,9H2,1-2H3,(H,24,25,26). The minimum atomic E-state index is -3.81. The third-order valence-electron chi connectivity index (χ3n) is 5.15. The number of fused-ring (bicyclic) bond motifs is 1. The van der Waals surface area contributed by atoms with Crippen molar-refractivity contribution >= 4 is 26.7 Å². The first-order valence-electron chi connectivity index (χ1n) is 9.81. The average Bonchev–Trinajstić information content (AvgIpc) is 3.30. The number of Topliss-reactive ketones (excluding diaryl/α,β-unsaturated/α-hetero) is 1. The van der Waals surface area contributed by atoms with Gasteiger partial charge < -0.3 is 9.47 Å². The van der Waals surface area contributed by atoms with Crippen LogP contribution in [0.4, 0.5) is 0 Å². The Morgan fingerprint density at radius 2 is 1.78 bits per heavy atom. The first kappa shape index (κ1) is 21.5. The number of nitrogens with zero attached hydrogens (tertiary/aromatic N) is 2. The molecule has 164 valence electrons. The summed E-state index contributed by atoms with van der Waals surface area (Å²) in [6, 6.07) is 12.9. The molecule has 0 saturated heterocycles. The Labute approximate surface area is 185 Å². The molecule has 2 aromatic carbocycles. The quantitative estimate of drug-likeness (QED) is 0.407. The van der Waals surface area contributed by atoms with E-state index in [-0.39, 0.29) is 27.7 Å². The van der Waals surface area contributed by atoms with Crippen LogP contribution in [-0.2, 0) is 16.3 Å². The molecule has 0 bridgehead atoms. The van der Waals surface area contributed by atoms with Gasteiger partial charge in [-0.25, -0.2) is 13.4 Å². The number of aromatic amines is 1. The summed E-state index contributed by atoms with van der Waals surface area (Å²) in [6.07, 6.45) is 3.90. The number of H-pyrrole nitrogens is 1. The second-order valence-corrected chi connectivity index (χ2v) is 9.04. The molecule has 0 atom stereocenters.